The van der Waals surface area contributed by atoms with E-state index in [0.717, 1.165) is 55.0 Å². The molecule has 0 aliphatic carbocycles. The molecule has 6 heteroatoms. The molecule has 3 fully saturated rings. The van der Waals surface area contributed by atoms with Crippen molar-refractivity contribution < 1.29 is 22.8 Å². The Morgan fingerprint density at radius 2 is 1.81 bits per heavy atom. The maximum Gasteiger partial charge on any atom is 0.411 e. The Balaban J connectivity index is 1.45. The summed E-state index contributed by atoms with van der Waals surface area (Å²) in [4.78, 5) is 14.6. The van der Waals surface area contributed by atoms with Gasteiger partial charge in [-0.3, -0.25) is 4.90 Å². The molecule has 0 unspecified atom stereocenters. The molecule has 27 heavy (non-hydrogen) atoms. The summed E-state index contributed by atoms with van der Waals surface area (Å²) in [7, 11) is 0. The summed E-state index contributed by atoms with van der Waals surface area (Å²) in [6, 6.07) is 7.37. The van der Waals surface area contributed by atoms with Crippen molar-refractivity contribution in [2.45, 2.75) is 32.0 Å². The lowest BCUT2D eigenvalue weighted by Crippen LogP contribution is -2.64. The van der Waals surface area contributed by atoms with Crippen molar-refractivity contribution in [2.24, 2.45) is 5.92 Å². The summed E-state index contributed by atoms with van der Waals surface area (Å²) in [5.74, 6) is 1.91. The van der Waals surface area contributed by atoms with Gasteiger partial charge in [-0.25, -0.2) is 4.79 Å². The Bertz CT molecular complexity index is 709. The normalized spacial score (nSPS) is 26.7. The molecule has 0 aromatic carbocycles. The number of rotatable bonds is 7. The molecule has 0 spiro atoms. The van der Waals surface area contributed by atoms with E-state index < -0.39 is 0 Å². The molecule has 6 nitrogen and oxygen atoms in total. The van der Waals surface area contributed by atoms with Gasteiger partial charge < -0.3 is 18.1 Å². The number of carbonyl (C=O) groups excluding carboxylic acids is 1. The molecule has 2 aromatic rings. The fraction of sp³-hybridized carbons (Fsp3) is 0.476. The van der Waals surface area contributed by atoms with Crippen molar-refractivity contribution in [1.82, 2.24) is 4.90 Å². The molecule has 5 rings (SSSR count). The number of nitrogens with zero attached hydrogens (tertiary/aromatic N) is 2. The summed E-state index contributed by atoms with van der Waals surface area (Å²) in [6.45, 7) is 8.78. The van der Waals surface area contributed by atoms with Crippen LogP contribution in [0.25, 0.3) is 0 Å². The van der Waals surface area contributed by atoms with Gasteiger partial charge in [-0.1, -0.05) is 6.58 Å². The number of hydrogen-bond donors (Lipinski definition) is 0. The minimum Gasteiger partial charge on any atom is -0.467 e. The second-order valence-corrected chi connectivity index (χ2v) is 7.72. The second kappa shape index (κ2) is 7.64. The van der Waals surface area contributed by atoms with E-state index in [2.05, 4.69) is 6.58 Å². The van der Waals surface area contributed by atoms with Crippen LogP contribution in [0.2, 0.25) is 0 Å². The van der Waals surface area contributed by atoms with E-state index >= 15 is 0 Å². The van der Waals surface area contributed by atoms with Gasteiger partial charge in [-0.2, -0.15) is 0 Å². The Morgan fingerprint density at radius 1 is 1.19 bits per heavy atom. The molecule has 3 saturated heterocycles. The van der Waals surface area contributed by atoms with Crippen LogP contribution in [0.1, 0.15) is 24.4 Å². The van der Waals surface area contributed by atoms with E-state index in [0.29, 0.717) is 19.0 Å². The zero-order chi connectivity index (χ0) is 18.7. The molecule has 0 saturated carbocycles. The van der Waals surface area contributed by atoms with E-state index in [1.807, 2.05) is 30.3 Å². The number of hydrogen-bond acceptors (Lipinski definition) is 4. The fourth-order valence-corrected chi connectivity index (χ4v) is 4.46. The van der Waals surface area contributed by atoms with Gasteiger partial charge >= 0.3 is 6.09 Å². The van der Waals surface area contributed by atoms with Gasteiger partial charge in [0.15, 0.2) is 6.10 Å². The first-order valence-corrected chi connectivity index (χ1v) is 9.64. The highest BCUT2D eigenvalue weighted by Crippen LogP contribution is 2.35. The number of carbonyl (C=O) groups is 1. The van der Waals surface area contributed by atoms with E-state index in [1.165, 1.54) is 0 Å². The monoisotopic (exact) mass is 371 g/mol. The number of fused-ring (bicyclic) bond motifs is 3. The lowest BCUT2D eigenvalue weighted by Gasteiger charge is -2.51. The van der Waals surface area contributed by atoms with Gasteiger partial charge in [0.2, 0.25) is 0 Å². The summed E-state index contributed by atoms with van der Waals surface area (Å²) in [6.07, 6.45) is 7.11. The van der Waals surface area contributed by atoms with Crippen LogP contribution in [0.3, 0.4) is 0 Å². The van der Waals surface area contributed by atoms with E-state index in [4.69, 9.17) is 13.6 Å². The van der Waals surface area contributed by atoms with Crippen LogP contribution < -0.4 is 0 Å². The van der Waals surface area contributed by atoms with Crippen LogP contribution >= 0.6 is 0 Å². The lowest BCUT2D eigenvalue weighted by molar-refractivity contribution is -0.941. The third-order valence-electron chi connectivity index (χ3n) is 5.92. The average molecular weight is 371 g/mol. The van der Waals surface area contributed by atoms with Gasteiger partial charge in [0.25, 0.3) is 0 Å². The Labute approximate surface area is 159 Å². The molecule has 2 bridgehead atoms. The minimum absolute atomic E-state index is 0.0318. The van der Waals surface area contributed by atoms with E-state index in [-0.39, 0.29) is 12.2 Å². The van der Waals surface area contributed by atoms with Crippen molar-refractivity contribution in [2.75, 3.05) is 26.2 Å². The molecule has 2 aromatic heterocycles. The van der Waals surface area contributed by atoms with Crippen LogP contribution in [-0.4, -0.2) is 47.8 Å². The standard InChI is InChI=1S/C21H27N2O4/c1-2-9-23-10-7-17(8-11-23)20(16-23)27-21(24)22(14-18-5-3-12-25-18)15-19-6-4-13-26-19/h2-6,12-13,17,20H,1,7-11,14-16H2/q+1/t17?,20-,23?/m0/s1. The van der Waals surface area contributed by atoms with Crippen molar-refractivity contribution in [3.63, 3.8) is 0 Å². The first kappa shape index (κ1) is 17.9. The molecule has 144 valence electrons. The summed E-state index contributed by atoms with van der Waals surface area (Å²) < 4.78 is 17.9. The number of quaternary nitrogens is 1. The summed E-state index contributed by atoms with van der Waals surface area (Å²) in [5, 5.41) is 0. The highest BCUT2D eigenvalue weighted by molar-refractivity contribution is 5.67. The van der Waals surface area contributed by atoms with Crippen LogP contribution in [-0.2, 0) is 17.8 Å². The van der Waals surface area contributed by atoms with Crippen molar-refractivity contribution in [3.8, 4) is 0 Å². The molecule has 3 aliphatic heterocycles. The molecular weight excluding hydrogens is 344 g/mol. The SMILES string of the molecule is C=CC[N+]12CCC(CC1)[C@@H](OC(=O)N(Cc1ccco1)Cc1ccco1)C2. The van der Waals surface area contributed by atoms with Gasteiger partial charge in [0.1, 0.15) is 18.1 Å². The van der Waals surface area contributed by atoms with Gasteiger partial charge in [0.05, 0.1) is 45.3 Å². The van der Waals surface area contributed by atoms with Crippen molar-refractivity contribution in [3.05, 3.63) is 61.0 Å². The predicted octanol–water partition coefficient (Wildman–Crippen LogP) is 3.81. The minimum atomic E-state index is -0.307. The molecule has 0 N–H and O–H groups in total. The maximum absolute atomic E-state index is 13.0. The number of furan rings is 2. The first-order valence-electron chi connectivity index (χ1n) is 9.64. The summed E-state index contributed by atoms with van der Waals surface area (Å²) >= 11 is 0. The third kappa shape index (κ3) is 3.95. The van der Waals surface area contributed by atoms with Gasteiger partial charge in [-0.05, 0) is 30.3 Å². The smallest absolute Gasteiger partial charge is 0.411 e. The molecule has 1 atom stereocenters. The largest absolute Gasteiger partial charge is 0.467 e. The van der Waals surface area contributed by atoms with Crippen LogP contribution in [0.4, 0.5) is 4.79 Å². The molecular formula is C21H27N2O4+. The molecule has 5 heterocycles. The first-order chi connectivity index (χ1) is 13.2. The zero-order valence-corrected chi connectivity index (χ0v) is 15.6. The van der Waals surface area contributed by atoms with Crippen molar-refractivity contribution >= 4 is 6.09 Å². The lowest BCUT2D eigenvalue weighted by atomic mass is 9.83. The Kier molecular flexibility index (Phi) is 5.07. The van der Waals surface area contributed by atoms with Crippen LogP contribution in [0.5, 0.6) is 0 Å². The zero-order valence-electron chi connectivity index (χ0n) is 15.6. The topological polar surface area (TPSA) is 55.8 Å². The Hall–Kier alpha value is -2.47. The molecule has 1 amide bonds. The Morgan fingerprint density at radius 3 is 2.33 bits per heavy atom. The predicted molar refractivity (Wildman–Crippen MR) is 99.6 cm³/mol. The quantitative estimate of drug-likeness (QED) is 0.549. The number of amides is 1. The summed E-state index contributed by atoms with van der Waals surface area (Å²) in [5.41, 5.74) is 0. The van der Waals surface area contributed by atoms with Gasteiger partial charge in [0, 0.05) is 18.8 Å². The van der Waals surface area contributed by atoms with E-state index in [9.17, 15) is 4.79 Å². The molecule has 3 aliphatic rings. The van der Waals surface area contributed by atoms with E-state index in [1.54, 1.807) is 17.4 Å². The highest BCUT2D eigenvalue weighted by atomic mass is 16.6. The molecule has 0 radical (unpaired) electrons. The van der Waals surface area contributed by atoms with Crippen LogP contribution in [0, 0.1) is 5.92 Å². The second-order valence-electron chi connectivity index (χ2n) is 7.72. The van der Waals surface area contributed by atoms with Crippen LogP contribution in [0.15, 0.2) is 58.3 Å². The van der Waals surface area contributed by atoms with Crippen molar-refractivity contribution in [1.29, 1.82) is 0 Å². The average Bonchev–Trinajstić information content (AvgIpc) is 3.36. The van der Waals surface area contributed by atoms with Gasteiger partial charge in [-0.15, -0.1) is 0 Å². The highest BCUT2D eigenvalue weighted by Gasteiger charge is 2.47. The maximum atomic E-state index is 13.0. The third-order valence-corrected chi connectivity index (χ3v) is 5.92. The number of piperidine rings is 3. The number of ether oxygens (including phenoxy) is 1. The fourth-order valence-electron chi connectivity index (χ4n) is 4.46.